The average Bonchev–Trinajstić information content (AvgIpc) is 2.92. The molecule has 0 bridgehead atoms. The van der Waals surface area contributed by atoms with Gasteiger partial charge in [0.05, 0.1) is 12.3 Å². The first-order valence-electron chi connectivity index (χ1n) is 7.17. The number of rotatable bonds is 4. The van der Waals surface area contributed by atoms with Crippen LogP contribution >= 0.6 is 0 Å². The molecule has 1 atom stereocenters. The Balaban J connectivity index is 1.97. The van der Waals surface area contributed by atoms with Crippen molar-refractivity contribution in [3.05, 3.63) is 71.0 Å². The molecule has 0 saturated heterocycles. The minimum atomic E-state index is 0.0362. The molecule has 21 heavy (non-hydrogen) atoms. The van der Waals surface area contributed by atoms with Crippen molar-refractivity contribution < 1.29 is 4.42 Å². The molecule has 0 saturated carbocycles. The molecule has 0 aliphatic carbocycles. The molecule has 1 aromatic heterocycles. The van der Waals surface area contributed by atoms with Crippen molar-refractivity contribution in [3.63, 3.8) is 0 Å². The molecule has 108 valence electrons. The first-order valence-corrected chi connectivity index (χ1v) is 7.17. The molecular weight excluding hydrogens is 260 g/mol. The molecule has 3 nitrogen and oxygen atoms in total. The number of nitrogens with one attached hydrogen (secondary N) is 1. The van der Waals surface area contributed by atoms with Gasteiger partial charge in [-0.2, -0.15) is 0 Å². The molecule has 3 heteroatoms. The zero-order chi connectivity index (χ0) is 14.8. The summed E-state index contributed by atoms with van der Waals surface area (Å²) in [4.78, 5) is 0. The normalized spacial score (nSPS) is 12.7. The lowest BCUT2D eigenvalue weighted by atomic mass is 9.95. The van der Waals surface area contributed by atoms with Crippen molar-refractivity contribution in [2.75, 3.05) is 0 Å². The predicted octanol–water partition coefficient (Wildman–Crippen LogP) is 3.80. The highest BCUT2D eigenvalue weighted by molar-refractivity contribution is 5.81. The maximum absolute atomic E-state index is 5.80. The van der Waals surface area contributed by atoms with Crippen LogP contribution in [-0.4, -0.2) is 0 Å². The number of para-hydroxylation sites is 1. The lowest BCUT2D eigenvalue weighted by Gasteiger charge is -2.17. The summed E-state index contributed by atoms with van der Waals surface area (Å²) >= 11 is 0. The SMILES string of the molecule is Cc1ccc(C)c(CC(NN)c2coc3ccccc23)c1. The topological polar surface area (TPSA) is 51.2 Å². The third kappa shape index (κ3) is 2.71. The van der Waals surface area contributed by atoms with Crippen molar-refractivity contribution in [1.82, 2.24) is 5.43 Å². The van der Waals surface area contributed by atoms with E-state index in [9.17, 15) is 0 Å². The van der Waals surface area contributed by atoms with Crippen LogP contribution in [0.25, 0.3) is 11.0 Å². The molecule has 0 spiro atoms. The molecule has 3 rings (SSSR count). The summed E-state index contributed by atoms with van der Waals surface area (Å²) in [5.74, 6) is 5.80. The zero-order valence-electron chi connectivity index (χ0n) is 12.4. The molecule has 0 aliphatic heterocycles. The Hall–Kier alpha value is -2.10. The predicted molar refractivity (Wildman–Crippen MR) is 85.9 cm³/mol. The highest BCUT2D eigenvalue weighted by atomic mass is 16.3. The number of hydrogen-bond donors (Lipinski definition) is 2. The van der Waals surface area contributed by atoms with Gasteiger partial charge in [0.1, 0.15) is 5.58 Å². The average molecular weight is 280 g/mol. The van der Waals surface area contributed by atoms with Crippen molar-refractivity contribution in [2.45, 2.75) is 26.3 Å². The molecule has 0 amide bonds. The van der Waals surface area contributed by atoms with Crippen molar-refractivity contribution in [2.24, 2.45) is 5.84 Å². The van der Waals surface area contributed by atoms with Gasteiger partial charge in [0, 0.05) is 10.9 Å². The van der Waals surface area contributed by atoms with Gasteiger partial charge in [-0.05, 0) is 37.5 Å². The summed E-state index contributed by atoms with van der Waals surface area (Å²) in [6, 6.07) is 14.6. The van der Waals surface area contributed by atoms with E-state index < -0.39 is 0 Å². The fourth-order valence-corrected chi connectivity index (χ4v) is 2.77. The Kier molecular flexibility index (Phi) is 3.78. The minimum absolute atomic E-state index is 0.0362. The fraction of sp³-hybridized carbons (Fsp3) is 0.222. The van der Waals surface area contributed by atoms with Gasteiger partial charge in [-0.1, -0.05) is 42.0 Å². The minimum Gasteiger partial charge on any atom is -0.464 e. The lowest BCUT2D eigenvalue weighted by Crippen LogP contribution is -2.29. The van der Waals surface area contributed by atoms with E-state index in [4.69, 9.17) is 10.3 Å². The fourth-order valence-electron chi connectivity index (χ4n) is 2.77. The van der Waals surface area contributed by atoms with E-state index in [1.54, 1.807) is 6.26 Å². The summed E-state index contributed by atoms with van der Waals surface area (Å²) in [7, 11) is 0. The van der Waals surface area contributed by atoms with Gasteiger partial charge in [-0.25, -0.2) is 0 Å². The van der Waals surface area contributed by atoms with Crippen molar-refractivity contribution in [3.8, 4) is 0 Å². The summed E-state index contributed by atoms with van der Waals surface area (Å²) in [6.07, 6.45) is 2.65. The van der Waals surface area contributed by atoms with Crippen LogP contribution in [0.2, 0.25) is 0 Å². The quantitative estimate of drug-likeness (QED) is 0.564. The van der Waals surface area contributed by atoms with Gasteiger partial charge >= 0.3 is 0 Å². The number of hydrazine groups is 1. The summed E-state index contributed by atoms with van der Waals surface area (Å²) in [6.45, 7) is 4.25. The van der Waals surface area contributed by atoms with Gasteiger partial charge in [-0.15, -0.1) is 0 Å². The highest BCUT2D eigenvalue weighted by Gasteiger charge is 2.17. The number of hydrogen-bond acceptors (Lipinski definition) is 3. The third-order valence-electron chi connectivity index (χ3n) is 4.02. The number of fused-ring (bicyclic) bond motifs is 1. The van der Waals surface area contributed by atoms with Crippen LogP contribution in [0.1, 0.15) is 28.3 Å². The molecule has 1 unspecified atom stereocenters. The van der Waals surface area contributed by atoms with Crippen LogP contribution in [0.15, 0.2) is 53.1 Å². The van der Waals surface area contributed by atoms with Gasteiger partial charge in [-0.3, -0.25) is 11.3 Å². The van der Waals surface area contributed by atoms with Crippen molar-refractivity contribution >= 4 is 11.0 Å². The lowest BCUT2D eigenvalue weighted by molar-refractivity contribution is 0.536. The second-order valence-electron chi connectivity index (χ2n) is 5.54. The van der Waals surface area contributed by atoms with Crippen LogP contribution in [0.5, 0.6) is 0 Å². The summed E-state index contributed by atoms with van der Waals surface area (Å²) in [5.41, 5.74) is 8.80. The number of nitrogens with two attached hydrogens (primary N) is 1. The second-order valence-corrected chi connectivity index (χ2v) is 5.54. The molecule has 0 radical (unpaired) electrons. The van der Waals surface area contributed by atoms with Crippen LogP contribution < -0.4 is 11.3 Å². The molecular formula is C18H20N2O. The Morgan fingerprint density at radius 1 is 1.14 bits per heavy atom. The van der Waals surface area contributed by atoms with Gasteiger partial charge < -0.3 is 4.42 Å². The maximum Gasteiger partial charge on any atom is 0.134 e. The Labute approximate surface area is 124 Å². The Bertz CT molecular complexity index is 761. The second kappa shape index (κ2) is 5.72. The summed E-state index contributed by atoms with van der Waals surface area (Å²) < 4.78 is 5.63. The van der Waals surface area contributed by atoms with Gasteiger partial charge in [0.15, 0.2) is 0 Å². The molecule has 3 aromatic rings. The first-order chi connectivity index (χ1) is 10.2. The van der Waals surface area contributed by atoms with Crippen LogP contribution in [0.3, 0.4) is 0 Å². The molecule has 0 fully saturated rings. The maximum atomic E-state index is 5.80. The smallest absolute Gasteiger partial charge is 0.134 e. The molecule has 2 aromatic carbocycles. The van der Waals surface area contributed by atoms with E-state index in [1.807, 2.05) is 18.2 Å². The molecule has 1 heterocycles. The van der Waals surface area contributed by atoms with E-state index >= 15 is 0 Å². The Morgan fingerprint density at radius 2 is 1.95 bits per heavy atom. The monoisotopic (exact) mass is 280 g/mol. The Morgan fingerprint density at radius 3 is 2.76 bits per heavy atom. The highest BCUT2D eigenvalue weighted by Crippen LogP contribution is 2.29. The van der Waals surface area contributed by atoms with E-state index in [0.717, 1.165) is 23.0 Å². The van der Waals surface area contributed by atoms with E-state index in [0.29, 0.717) is 0 Å². The van der Waals surface area contributed by atoms with Crippen LogP contribution in [-0.2, 0) is 6.42 Å². The van der Waals surface area contributed by atoms with Crippen LogP contribution in [0.4, 0.5) is 0 Å². The van der Waals surface area contributed by atoms with E-state index in [-0.39, 0.29) is 6.04 Å². The third-order valence-corrected chi connectivity index (χ3v) is 4.02. The number of aryl methyl sites for hydroxylation is 2. The van der Waals surface area contributed by atoms with Crippen LogP contribution in [0, 0.1) is 13.8 Å². The van der Waals surface area contributed by atoms with Gasteiger partial charge in [0.2, 0.25) is 0 Å². The number of furan rings is 1. The molecule has 3 N–H and O–H groups in total. The number of benzene rings is 2. The van der Waals surface area contributed by atoms with Gasteiger partial charge in [0.25, 0.3) is 0 Å². The molecule has 0 aliphatic rings. The summed E-state index contributed by atoms with van der Waals surface area (Å²) in [5, 5.41) is 1.12. The van der Waals surface area contributed by atoms with E-state index in [1.165, 1.54) is 16.7 Å². The first kappa shape index (κ1) is 13.9. The largest absolute Gasteiger partial charge is 0.464 e. The standard InChI is InChI=1S/C18H20N2O/c1-12-7-8-13(2)14(9-12)10-17(20-19)16-11-21-18-6-4-3-5-15(16)18/h3-9,11,17,20H,10,19H2,1-2H3. The van der Waals surface area contributed by atoms with E-state index in [2.05, 4.69) is 43.5 Å². The van der Waals surface area contributed by atoms with Crippen molar-refractivity contribution in [1.29, 1.82) is 0 Å². The zero-order valence-corrected chi connectivity index (χ0v) is 12.4.